The summed E-state index contributed by atoms with van der Waals surface area (Å²) >= 11 is 6.38. The predicted octanol–water partition coefficient (Wildman–Crippen LogP) is 5.60. The van der Waals surface area contributed by atoms with E-state index in [0.29, 0.717) is 52.7 Å². The van der Waals surface area contributed by atoms with Crippen LogP contribution in [0.5, 0.6) is 5.75 Å². The van der Waals surface area contributed by atoms with Gasteiger partial charge in [-0.3, -0.25) is 14.7 Å². The minimum absolute atomic E-state index is 0.0195. The zero-order valence-corrected chi connectivity index (χ0v) is 26.8. The fraction of sp³-hybridized carbons (Fsp3) is 0.441. The van der Waals surface area contributed by atoms with E-state index in [4.69, 9.17) is 31.0 Å². The van der Waals surface area contributed by atoms with Crippen molar-refractivity contribution in [3.8, 4) is 23.1 Å². The number of carbonyl (C=O) groups excluding carboxylic acids is 1. The highest BCUT2D eigenvalue weighted by molar-refractivity contribution is 6.34. The van der Waals surface area contributed by atoms with E-state index in [2.05, 4.69) is 34.8 Å². The molecule has 2 fully saturated rings. The number of fused-ring (bicyclic) bond motifs is 1. The molecule has 6 rings (SSSR count). The van der Waals surface area contributed by atoms with Crippen LogP contribution in [0.25, 0.3) is 16.8 Å². The predicted molar refractivity (Wildman–Crippen MR) is 173 cm³/mol. The van der Waals surface area contributed by atoms with Crippen LogP contribution in [0.2, 0.25) is 5.02 Å². The molecule has 0 saturated carbocycles. The van der Waals surface area contributed by atoms with Crippen LogP contribution in [0, 0.1) is 23.7 Å². The van der Waals surface area contributed by atoms with Gasteiger partial charge in [0.2, 0.25) is 0 Å². The van der Waals surface area contributed by atoms with Gasteiger partial charge in [-0.25, -0.2) is 9.50 Å². The summed E-state index contributed by atoms with van der Waals surface area (Å²) in [6.45, 7) is 11.6. The largest absolute Gasteiger partial charge is 0.489 e. The number of halogens is 1. The lowest BCUT2D eigenvalue weighted by Crippen LogP contribution is -2.44. The number of piperidine rings is 1. The van der Waals surface area contributed by atoms with Gasteiger partial charge in [-0.2, -0.15) is 10.4 Å². The van der Waals surface area contributed by atoms with Crippen LogP contribution < -0.4 is 9.64 Å². The highest BCUT2D eigenvalue weighted by Gasteiger charge is 2.34. The molecule has 2 aliphatic rings. The van der Waals surface area contributed by atoms with Crippen LogP contribution >= 0.6 is 11.6 Å². The van der Waals surface area contributed by atoms with Crippen molar-refractivity contribution in [1.82, 2.24) is 24.5 Å². The van der Waals surface area contributed by atoms with E-state index in [1.54, 1.807) is 35.4 Å². The Labute approximate surface area is 268 Å². The lowest BCUT2D eigenvalue weighted by atomic mass is 9.75. The number of nitriles is 1. The van der Waals surface area contributed by atoms with Crippen molar-refractivity contribution in [2.45, 2.75) is 46.1 Å². The summed E-state index contributed by atoms with van der Waals surface area (Å²) in [6.07, 6.45) is 9.00. The minimum atomic E-state index is -0.119. The van der Waals surface area contributed by atoms with Gasteiger partial charge in [0.25, 0.3) is 0 Å². The zero-order chi connectivity index (χ0) is 31.6. The number of pyridine rings is 1. The van der Waals surface area contributed by atoms with Gasteiger partial charge < -0.3 is 14.4 Å². The van der Waals surface area contributed by atoms with Gasteiger partial charge in [0, 0.05) is 43.7 Å². The first kappa shape index (κ1) is 31.0. The Morgan fingerprint density at radius 2 is 2.02 bits per heavy atom. The second-order valence-corrected chi connectivity index (χ2v) is 12.7. The number of carbonyl (C=O) groups is 1. The number of aryl methyl sites for hydroxylation is 1. The van der Waals surface area contributed by atoms with Crippen molar-refractivity contribution in [3.05, 3.63) is 70.8 Å². The molecule has 0 N–H and O–H groups in total. The average Bonchev–Trinajstić information content (AvgIpc) is 3.47. The SMILES string of the molecule is CCN1CCO[C@H](COc2cc(-c3cnc(N4CCC(C)(CC(=O)c5c(C)cccc5Cl)CC4)cn3)c3c(C#N)cnn3c2)C1. The van der Waals surface area contributed by atoms with Gasteiger partial charge in [0.15, 0.2) is 5.78 Å². The van der Waals surface area contributed by atoms with Crippen molar-refractivity contribution in [1.29, 1.82) is 5.26 Å². The number of anilines is 1. The molecule has 0 amide bonds. The molecule has 10 nitrogen and oxygen atoms in total. The quantitative estimate of drug-likeness (QED) is 0.219. The van der Waals surface area contributed by atoms with Crippen molar-refractivity contribution >= 4 is 28.7 Å². The first-order valence-electron chi connectivity index (χ1n) is 15.5. The monoisotopic (exact) mass is 627 g/mol. The Balaban J connectivity index is 1.15. The smallest absolute Gasteiger partial charge is 0.165 e. The highest BCUT2D eigenvalue weighted by Crippen LogP contribution is 2.38. The summed E-state index contributed by atoms with van der Waals surface area (Å²) in [6, 6.07) is 9.72. The molecule has 234 valence electrons. The van der Waals surface area contributed by atoms with Crippen LogP contribution in [0.3, 0.4) is 0 Å². The van der Waals surface area contributed by atoms with Gasteiger partial charge in [0.1, 0.15) is 30.3 Å². The number of Topliss-reactive ketones (excluding diaryl/α,β-unsaturated/α-hetero) is 1. The van der Waals surface area contributed by atoms with Gasteiger partial charge in [-0.05, 0) is 49.4 Å². The number of morpholine rings is 1. The highest BCUT2D eigenvalue weighted by atomic mass is 35.5. The lowest BCUT2D eigenvalue weighted by Gasteiger charge is -2.39. The third-order valence-electron chi connectivity index (χ3n) is 9.11. The number of aromatic nitrogens is 4. The topological polar surface area (TPSA) is 109 Å². The average molecular weight is 628 g/mol. The molecule has 2 saturated heterocycles. The van der Waals surface area contributed by atoms with Crippen LogP contribution in [0.4, 0.5) is 5.82 Å². The minimum Gasteiger partial charge on any atom is -0.489 e. The Hall–Kier alpha value is -4.04. The Kier molecular flexibility index (Phi) is 9.04. The van der Waals surface area contributed by atoms with Crippen molar-refractivity contribution < 1.29 is 14.3 Å². The van der Waals surface area contributed by atoms with E-state index in [1.807, 2.05) is 25.1 Å². The number of hydrogen-bond donors (Lipinski definition) is 0. The summed E-state index contributed by atoms with van der Waals surface area (Å²) in [5.74, 6) is 1.49. The second-order valence-electron chi connectivity index (χ2n) is 12.3. The van der Waals surface area contributed by atoms with Crippen LogP contribution in [-0.4, -0.2) is 82.3 Å². The molecule has 1 aromatic carbocycles. The Bertz CT molecular complexity index is 1700. The maximum absolute atomic E-state index is 13.2. The van der Waals surface area contributed by atoms with Crippen molar-refractivity contribution in [2.75, 3.05) is 50.8 Å². The van der Waals surface area contributed by atoms with E-state index in [0.717, 1.165) is 62.5 Å². The normalized spacial score (nSPS) is 18.6. The maximum Gasteiger partial charge on any atom is 0.165 e. The molecule has 0 bridgehead atoms. The van der Waals surface area contributed by atoms with Crippen LogP contribution in [0.1, 0.15) is 54.6 Å². The summed E-state index contributed by atoms with van der Waals surface area (Å²) in [5.41, 5.74) is 3.89. The molecule has 5 heterocycles. The molecular weight excluding hydrogens is 590 g/mol. The van der Waals surface area contributed by atoms with E-state index >= 15 is 0 Å². The lowest BCUT2D eigenvalue weighted by molar-refractivity contribution is -0.0464. The molecule has 2 aliphatic heterocycles. The summed E-state index contributed by atoms with van der Waals surface area (Å²) in [4.78, 5) is 27.3. The number of nitrogens with zero attached hydrogens (tertiary/aromatic N) is 7. The number of rotatable bonds is 9. The molecule has 0 aliphatic carbocycles. The molecule has 1 atom stereocenters. The Morgan fingerprint density at radius 1 is 1.20 bits per heavy atom. The maximum atomic E-state index is 13.2. The standard InChI is InChI=1S/C34H38ClN7O3/c1-4-40-12-13-44-26(20-40)22-45-25-14-27(33-24(16-36)17-39-42(33)21-25)29-18-38-31(19-37-29)41-10-8-34(3,9-11-41)15-30(43)32-23(2)6-5-7-28(32)35/h5-7,14,17-19,21,26H,4,8-13,15,20,22H2,1-3H3/t26-/m0/s1. The van der Waals surface area contributed by atoms with E-state index < -0.39 is 0 Å². The summed E-state index contributed by atoms with van der Waals surface area (Å²) in [7, 11) is 0. The number of hydrogen-bond acceptors (Lipinski definition) is 9. The van der Waals surface area contributed by atoms with Crippen LogP contribution in [-0.2, 0) is 4.74 Å². The molecule has 0 unspecified atom stereocenters. The summed E-state index contributed by atoms with van der Waals surface area (Å²) in [5, 5.41) is 14.7. The van der Waals surface area contributed by atoms with E-state index in [9.17, 15) is 10.1 Å². The van der Waals surface area contributed by atoms with Crippen LogP contribution in [0.15, 0.2) is 49.1 Å². The zero-order valence-electron chi connectivity index (χ0n) is 26.0. The van der Waals surface area contributed by atoms with Crippen molar-refractivity contribution in [3.63, 3.8) is 0 Å². The fourth-order valence-corrected chi connectivity index (χ4v) is 6.67. The molecule has 4 aromatic rings. The third-order valence-corrected chi connectivity index (χ3v) is 9.42. The number of benzene rings is 1. The Morgan fingerprint density at radius 3 is 2.73 bits per heavy atom. The van der Waals surface area contributed by atoms with Gasteiger partial charge >= 0.3 is 0 Å². The first-order chi connectivity index (χ1) is 21.8. The van der Waals surface area contributed by atoms with Gasteiger partial charge in [0.05, 0.1) is 53.2 Å². The number of ether oxygens (including phenoxy) is 2. The van der Waals surface area contributed by atoms with Gasteiger partial charge in [-0.15, -0.1) is 0 Å². The molecule has 3 aromatic heterocycles. The second kappa shape index (κ2) is 13.1. The summed E-state index contributed by atoms with van der Waals surface area (Å²) < 4.78 is 13.7. The third kappa shape index (κ3) is 6.66. The van der Waals surface area contributed by atoms with E-state index in [-0.39, 0.29) is 17.3 Å². The first-order valence-corrected chi connectivity index (χ1v) is 15.9. The molecule has 45 heavy (non-hydrogen) atoms. The van der Waals surface area contributed by atoms with Gasteiger partial charge in [-0.1, -0.05) is 37.6 Å². The molecule has 0 radical (unpaired) electrons. The van der Waals surface area contributed by atoms with Crippen molar-refractivity contribution in [2.24, 2.45) is 5.41 Å². The molecule has 0 spiro atoms. The molecular formula is C34H38ClN7O3. The number of likely N-dealkylation sites (N-methyl/N-ethyl adjacent to an activating group) is 1. The molecule has 11 heteroatoms. The van der Waals surface area contributed by atoms with E-state index in [1.165, 1.54) is 0 Å². The fourth-order valence-electron chi connectivity index (χ4n) is 6.35. The number of ketones is 1.